The van der Waals surface area contributed by atoms with Gasteiger partial charge in [0.1, 0.15) is 5.15 Å². The van der Waals surface area contributed by atoms with E-state index >= 15 is 0 Å². The monoisotopic (exact) mass is 414 g/mol. The number of rotatable bonds is 6. The van der Waals surface area contributed by atoms with Crippen LogP contribution in [0.3, 0.4) is 0 Å². The van der Waals surface area contributed by atoms with E-state index in [0.717, 1.165) is 5.69 Å². The molecule has 0 unspecified atom stereocenters. The minimum atomic E-state index is -0.718. The highest BCUT2D eigenvalue weighted by Gasteiger charge is 2.16. The van der Waals surface area contributed by atoms with E-state index in [4.69, 9.17) is 16.3 Å². The van der Waals surface area contributed by atoms with Gasteiger partial charge >= 0.3 is 5.97 Å². The summed E-state index contributed by atoms with van der Waals surface area (Å²) in [5.74, 6) is 0.112. The largest absolute Gasteiger partial charge is 0.451 e. The lowest BCUT2D eigenvalue weighted by Gasteiger charge is -2.11. The fourth-order valence-corrected chi connectivity index (χ4v) is 3.25. The SMILES string of the molecule is Cc1nn(CC(C)C)c(Cl)c1/C=C/C(=O)O[C@@H](C)c1nc2ccccc2c(=O)[nH]1. The number of halogens is 1. The van der Waals surface area contributed by atoms with Crippen LogP contribution in [0.2, 0.25) is 5.15 Å². The molecule has 0 aliphatic heterocycles. The van der Waals surface area contributed by atoms with Crippen LogP contribution in [0.15, 0.2) is 35.1 Å². The van der Waals surface area contributed by atoms with Crippen LogP contribution in [0.25, 0.3) is 17.0 Å². The molecule has 0 aliphatic carbocycles. The van der Waals surface area contributed by atoms with Crippen molar-refractivity contribution < 1.29 is 9.53 Å². The summed E-state index contributed by atoms with van der Waals surface area (Å²) in [5, 5.41) is 5.37. The molecule has 1 atom stereocenters. The maximum Gasteiger partial charge on any atom is 0.331 e. The summed E-state index contributed by atoms with van der Waals surface area (Å²) in [6, 6.07) is 6.99. The van der Waals surface area contributed by atoms with Gasteiger partial charge in [-0.25, -0.2) is 9.78 Å². The molecule has 7 nitrogen and oxygen atoms in total. The molecule has 0 spiro atoms. The van der Waals surface area contributed by atoms with Gasteiger partial charge in [0.2, 0.25) is 0 Å². The topological polar surface area (TPSA) is 89.9 Å². The molecule has 3 aromatic rings. The number of aromatic amines is 1. The summed E-state index contributed by atoms with van der Waals surface area (Å²) in [6.07, 6.45) is 2.17. The van der Waals surface area contributed by atoms with Crippen molar-refractivity contribution in [2.45, 2.75) is 40.3 Å². The number of H-pyrrole nitrogens is 1. The molecular formula is C21H23ClN4O3. The zero-order valence-electron chi connectivity index (χ0n) is 16.8. The smallest absolute Gasteiger partial charge is 0.331 e. The van der Waals surface area contributed by atoms with Crippen molar-refractivity contribution in [3.8, 4) is 0 Å². The fourth-order valence-electron chi connectivity index (χ4n) is 2.94. The summed E-state index contributed by atoms with van der Waals surface area (Å²) >= 11 is 6.38. The lowest BCUT2D eigenvalue weighted by Crippen LogP contribution is -2.16. The van der Waals surface area contributed by atoms with Crippen molar-refractivity contribution >= 4 is 34.5 Å². The molecule has 0 saturated heterocycles. The van der Waals surface area contributed by atoms with E-state index in [0.29, 0.717) is 34.1 Å². The Bertz CT molecular complexity index is 1130. The number of aromatic nitrogens is 4. The number of nitrogens with one attached hydrogen (secondary N) is 1. The number of carbonyl (C=O) groups is 1. The van der Waals surface area contributed by atoms with Crippen molar-refractivity contribution in [1.82, 2.24) is 19.7 Å². The zero-order valence-corrected chi connectivity index (χ0v) is 17.5. The molecule has 152 valence electrons. The number of esters is 1. The van der Waals surface area contributed by atoms with Gasteiger partial charge in [0.25, 0.3) is 5.56 Å². The van der Waals surface area contributed by atoms with Crippen LogP contribution in [0, 0.1) is 12.8 Å². The minimum Gasteiger partial charge on any atom is -0.451 e. The Morgan fingerprint density at radius 3 is 2.76 bits per heavy atom. The van der Waals surface area contributed by atoms with Gasteiger partial charge < -0.3 is 9.72 Å². The fraction of sp³-hybridized carbons (Fsp3) is 0.333. The lowest BCUT2D eigenvalue weighted by molar-refractivity contribution is -0.142. The molecule has 1 N–H and O–H groups in total. The van der Waals surface area contributed by atoms with Crippen LogP contribution >= 0.6 is 11.6 Å². The predicted octanol–water partition coefficient (Wildman–Crippen LogP) is 4.06. The van der Waals surface area contributed by atoms with Gasteiger partial charge in [-0.2, -0.15) is 5.10 Å². The van der Waals surface area contributed by atoms with Crippen LogP contribution < -0.4 is 5.56 Å². The number of para-hydroxylation sites is 1. The number of nitrogens with zero attached hydrogens (tertiary/aromatic N) is 3. The van der Waals surface area contributed by atoms with E-state index in [1.165, 1.54) is 6.08 Å². The molecule has 1 aromatic carbocycles. The Balaban J connectivity index is 1.74. The van der Waals surface area contributed by atoms with Gasteiger partial charge in [0.05, 0.1) is 16.6 Å². The Morgan fingerprint density at radius 1 is 1.31 bits per heavy atom. The first-order chi connectivity index (χ1) is 13.8. The molecule has 3 rings (SSSR count). The minimum absolute atomic E-state index is 0.274. The summed E-state index contributed by atoms with van der Waals surface area (Å²) in [7, 11) is 0. The first kappa shape index (κ1) is 20.8. The molecule has 0 radical (unpaired) electrons. The van der Waals surface area contributed by atoms with Crippen molar-refractivity contribution in [2.24, 2.45) is 5.92 Å². The number of hydrogen-bond donors (Lipinski definition) is 1. The second kappa shape index (κ2) is 8.61. The molecule has 2 aromatic heterocycles. The molecule has 2 heterocycles. The molecule has 0 aliphatic rings. The van der Waals surface area contributed by atoms with E-state index in [1.807, 2.05) is 6.92 Å². The first-order valence-corrected chi connectivity index (χ1v) is 9.74. The Hall–Kier alpha value is -2.93. The van der Waals surface area contributed by atoms with Gasteiger partial charge in [-0.1, -0.05) is 37.6 Å². The number of benzene rings is 1. The third-order valence-electron chi connectivity index (χ3n) is 4.34. The quantitative estimate of drug-likeness (QED) is 0.485. The standard InChI is InChI=1S/C21H23ClN4O3/c1-12(2)11-26-19(22)15(13(3)25-26)9-10-18(27)29-14(4)20-23-17-8-6-5-7-16(17)21(28)24-20/h5-10,12,14H,11H2,1-4H3,(H,23,24,28)/b10-9+/t14-/m0/s1. The van der Waals surface area contributed by atoms with Crippen LogP contribution in [0.5, 0.6) is 0 Å². The Morgan fingerprint density at radius 2 is 2.03 bits per heavy atom. The molecule has 0 fully saturated rings. The van der Waals surface area contributed by atoms with Crippen LogP contribution in [0.1, 0.15) is 44.0 Å². The van der Waals surface area contributed by atoms with E-state index in [9.17, 15) is 9.59 Å². The van der Waals surface area contributed by atoms with Crippen molar-refractivity contribution in [2.75, 3.05) is 0 Å². The Labute approximate surface area is 173 Å². The summed E-state index contributed by atoms with van der Waals surface area (Å²) in [5.41, 5.74) is 1.68. The van der Waals surface area contributed by atoms with Crippen molar-refractivity contribution in [1.29, 1.82) is 0 Å². The molecule has 0 bridgehead atoms. The number of hydrogen-bond acceptors (Lipinski definition) is 5. The third-order valence-corrected chi connectivity index (χ3v) is 4.74. The normalized spacial score (nSPS) is 12.8. The summed E-state index contributed by atoms with van der Waals surface area (Å²) < 4.78 is 7.11. The zero-order chi connectivity index (χ0) is 21.1. The van der Waals surface area contributed by atoms with Crippen LogP contribution in [-0.2, 0) is 16.1 Å². The van der Waals surface area contributed by atoms with Crippen molar-refractivity contribution in [3.05, 3.63) is 62.9 Å². The van der Waals surface area contributed by atoms with Gasteiger partial charge in [-0.05, 0) is 38.0 Å². The molecule has 0 amide bonds. The van der Waals surface area contributed by atoms with Crippen LogP contribution in [0.4, 0.5) is 0 Å². The predicted molar refractivity (Wildman–Crippen MR) is 113 cm³/mol. The number of aryl methyl sites for hydroxylation is 1. The van der Waals surface area contributed by atoms with E-state index in [-0.39, 0.29) is 11.4 Å². The highest BCUT2D eigenvalue weighted by atomic mass is 35.5. The van der Waals surface area contributed by atoms with Gasteiger partial charge in [0.15, 0.2) is 11.9 Å². The maximum absolute atomic E-state index is 12.3. The van der Waals surface area contributed by atoms with E-state index < -0.39 is 12.1 Å². The highest BCUT2D eigenvalue weighted by molar-refractivity contribution is 6.31. The average Bonchev–Trinajstić information content (AvgIpc) is 2.92. The summed E-state index contributed by atoms with van der Waals surface area (Å²) in [6.45, 7) is 8.33. The average molecular weight is 415 g/mol. The second-order valence-electron chi connectivity index (χ2n) is 7.25. The number of ether oxygens (including phenoxy) is 1. The van der Waals surface area contributed by atoms with Gasteiger partial charge in [-0.15, -0.1) is 0 Å². The molecular weight excluding hydrogens is 392 g/mol. The third kappa shape index (κ3) is 4.74. The van der Waals surface area contributed by atoms with Gasteiger partial charge in [-0.3, -0.25) is 9.48 Å². The lowest BCUT2D eigenvalue weighted by atomic mass is 10.2. The van der Waals surface area contributed by atoms with Crippen molar-refractivity contribution in [3.63, 3.8) is 0 Å². The molecule has 29 heavy (non-hydrogen) atoms. The van der Waals surface area contributed by atoms with E-state index in [1.54, 1.807) is 41.9 Å². The molecule has 8 heteroatoms. The van der Waals surface area contributed by atoms with E-state index in [2.05, 4.69) is 28.9 Å². The molecule has 0 saturated carbocycles. The second-order valence-corrected chi connectivity index (χ2v) is 7.60. The number of fused-ring (bicyclic) bond motifs is 1. The summed E-state index contributed by atoms with van der Waals surface area (Å²) in [4.78, 5) is 31.5. The maximum atomic E-state index is 12.3. The number of carbonyl (C=O) groups excluding carboxylic acids is 1. The van der Waals surface area contributed by atoms with Gasteiger partial charge in [0, 0.05) is 18.2 Å². The Kier molecular flexibility index (Phi) is 6.17. The highest BCUT2D eigenvalue weighted by Crippen LogP contribution is 2.22. The van der Waals surface area contributed by atoms with Crippen LogP contribution in [-0.4, -0.2) is 25.7 Å². The first-order valence-electron chi connectivity index (χ1n) is 9.36.